The van der Waals surface area contributed by atoms with E-state index in [2.05, 4.69) is 5.32 Å². The molecule has 26 heavy (non-hydrogen) atoms. The second kappa shape index (κ2) is 7.23. The van der Waals surface area contributed by atoms with Crippen molar-refractivity contribution >= 4 is 11.7 Å². The fraction of sp³-hybridized carbons (Fsp3) is 0.400. The number of ketones is 1. The molecule has 6 nitrogen and oxygen atoms in total. The zero-order valence-electron chi connectivity index (χ0n) is 15.2. The number of hydrogen-bond acceptors (Lipinski definition) is 5. The number of carbonyl (C=O) groups is 2. The minimum absolute atomic E-state index is 0.0484. The molecule has 1 amide bonds. The van der Waals surface area contributed by atoms with Crippen molar-refractivity contribution < 1.29 is 23.5 Å². The highest BCUT2D eigenvalue weighted by molar-refractivity contribution is 6.00. The number of furan rings is 1. The van der Waals surface area contributed by atoms with Crippen LogP contribution in [0.3, 0.4) is 0 Å². The molecule has 1 atom stereocenters. The van der Waals surface area contributed by atoms with Crippen molar-refractivity contribution in [2.75, 3.05) is 6.61 Å². The van der Waals surface area contributed by atoms with E-state index in [-0.39, 0.29) is 24.3 Å². The van der Waals surface area contributed by atoms with E-state index in [0.717, 1.165) is 5.76 Å². The maximum Gasteiger partial charge on any atom is 0.258 e. The molecule has 2 aromatic rings. The van der Waals surface area contributed by atoms with Gasteiger partial charge in [-0.3, -0.25) is 9.59 Å². The van der Waals surface area contributed by atoms with E-state index >= 15 is 0 Å². The van der Waals surface area contributed by atoms with E-state index in [1.54, 1.807) is 24.5 Å². The van der Waals surface area contributed by atoms with Gasteiger partial charge in [0.1, 0.15) is 22.9 Å². The van der Waals surface area contributed by atoms with Crippen LogP contribution in [0.15, 0.2) is 41.0 Å². The molecule has 0 saturated carbocycles. The highest BCUT2D eigenvalue weighted by atomic mass is 16.5. The van der Waals surface area contributed by atoms with E-state index in [0.29, 0.717) is 29.9 Å². The van der Waals surface area contributed by atoms with Crippen molar-refractivity contribution in [1.82, 2.24) is 5.32 Å². The number of rotatable bonds is 6. The summed E-state index contributed by atoms with van der Waals surface area (Å²) in [5.41, 5.74) is 0.00894. The number of fused-ring (bicyclic) bond motifs is 1. The summed E-state index contributed by atoms with van der Waals surface area (Å²) < 4.78 is 16.7. The van der Waals surface area contributed by atoms with Crippen molar-refractivity contribution in [3.63, 3.8) is 0 Å². The Balaban J connectivity index is 1.55. The van der Waals surface area contributed by atoms with E-state index in [4.69, 9.17) is 13.9 Å². The lowest BCUT2D eigenvalue weighted by Crippen LogP contribution is -2.37. The highest BCUT2D eigenvalue weighted by Gasteiger charge is 2.32. The summed E-state index contributed by atoms with van der Waals surface area (Å²) >= 11 is 0. The largest absolute Gasteiger partial charge is 0.486 e. The molecule has 2 heterocycles. The minimum Gasteiger partial charge on any atom is -0.486 e. The van der Waals surface area contributed by atoms with Crippen LogP contribution in [0.25, 0.3) is 0 Å². The first-order valence-corrected chi connectivity index (χ1v) is 8.63. The number of carbonyl (C=O) groups excluding carboxylic acids is 2. The van der Waals surface area contributed by atoms with Gasteiger partial charge in [-0.05, 0) is 45.0 Å². The maximum atomic E-state index is 12.1. The molecule has 1 N–H and O–H groups in total. The molecule has 0 saturated heterocycles. The number of benzene rings is 1. The van der Waals surface area contributed by atoms with E-state index in [1.165, 1.54) is 0 Å². The summed E-state index contributed by atoms with van der Waals surface area (Å²) in [7, 11) is 0. The van der Waals surface area contributed by atoms with Crippen LogP contribution in [0, 0.1) is 0 Å². The summed E-state index contributed by atoms with van der Waals surface area (Å²) in [6.45, 7) is 5.53. The Morgan fingerprint density at radius 3 is 2.88 bits per heavy atom. The molecule has 0 spiro atoms. The second-order valence-corrected chi connectivity index (χ2v) is 7.16. The van der Waals surface area contributed by atoms with Crippen LogP contribution in [0.4, 0.5) is 0 Å². The maximum absolute atomic E-state index is 12.1. The summed E-state index contributed by atoms with van der Waals surface area (Å²) in [6.07, 6.45) is 2.57. The number of ether oxygens (including phenoxy) is 2. The third-order valence-corrected chi connectivity index (χ3v) is 4.09. The first kappa shape index (κ1) is 18.0. The fourth-order valence-corrected chi connectivity index (χ4v) is 2.97. The lowest BCUT2D eigenvalue weighted by atomic mass is 9.93. The molecule has 138 valence electrons. The van der Waals surface area contributed by atoms with E-state index in [1.807, 2.05) is 32.9 Å². The van der Waals surface area contributed by atoms with Gasteiger partial charge in [-0.25, -0.2) is 0 Å². The SMILES string of the molecule is C[C@@H](Cc1ccco1)NC(=O)COc1ccc2c(c1)OC(C)(C)CC2=O. The van der Waals surface area contributed by atoms with Crippen molar-refractivity contribution in [2.24, 2.45) is 0 Å². The number of Topliss-reactive ketones (excluding diaryl/α,β-unsaturated/α-hetero) is 1. The van der Waals surface area contributed by atoms with Gasteiger partial charge >= 0.3 is 0 Å². The molecule has 0 aliphatic carbocycles. The van der Waals surface area contributed by atoms with Gasteiger partial charge in [0.25, 0.3) is 5.91 Å². The summed E-state index contributed by atoms with van der Waals surface area (Å²) in [6, 6.07) is 8.64. The first-order valence-electron chi connectivity index (χ1n) is 8.63. The first-order chi connectivity index (χ1) is 12.3. The van der Waals surface area contributed by atoms with Gasteiger partial charge in [-0.1, -0.05) is 0 Å². The molecule has 0 fully saturated rings. The molecular weight excluding hydrogens is 334 g/mol. The average molecular weight is 357 g/mol. The van der Waals surface area contributed by atoms with E-state index < -0.39 is 5.60 Å². The Hall–Kier alpha value is -2.76. The van der Waals surface area contributed by atoms with Crippen LogP contribution in [-0.2, 0) is 11.2 Å². The van der Waals surface area contributed by atoms with Crippen LogP contribution in [-0.4, -0.2) is 29.9 Å². The topological polar surface area (TPSA) is 77.8 Å². The Morgan fingerprint density at radius 2 is 2.15 bits per heavy atom. The average Bonchev–Trinajstić information content (AvgIpc) is 3.04. The lowest BCUT2D eigenvalue weighted by Gasteiger charge is -2.31. The molecule has 1 aliphatic rings. The van der Waals surface area contributed by atoms with Gasteiger partial charge in [0.05, 0.1) is 18.2 Å². The third kappa shape index (κ3) is 4.45. The number of amides is 1. The molecule has 0 unspecified atom stereocenters. The highest BCUT2D eigenvalue weighted by Crippen LogP contribution is 2.35. The van der Waals surface area contributed by atoms with Crippen molar-refractivity contribution in [1.29, 1.82) is 0 Å². The van der Waals surface area contributed by atoms with Crippen molar-refractivity contribution in [3.8, 4) is 11.5 Å². The standard InChI is InChI=1S/C20H23NO5/c1-13(9-14-5-4-8-24-14)21-19(23)12-25-15-6-7-16-17(22)11-20(2,3)26-18(16)10-15/h4-8,10,13H,9,11-12H2,1-3H3,(H,21,23)/t13-/m0/s1. The molecule has 3 rings (SSSR count). The Labute approximate surface area is 152 Å². The molecule has 6 heteroatoms. The number of nitrogens with one attached hydrogen (secondary N) is 1. The zero-order chi connectivity index (χ0) is 18.7. The van der Waals surface area contributed by atoms with Crippen molar-refractivity contribution in [2.45, 2.75) is 45.3 Å². The Kier molecular flexibility index (Phi) is 5.02. The van der Waals surface area contributed by atoms with Crippen LogP contribution in [0.5, 0.6) is 11.5 Å². The summed E-state index contributed by atoms with van der Waals surface area (Å²) in [5, 5.41) is 2.86. The van der Waals surface area contributed by atoms with Gasteiger partial charge in [0.15, 0.2) is 12.4 Å². The normalized spacial score (nSPS) is 16.3. The molecule has 1 aliphatic heterocycles. The van der Waals surface area contributed by atoms with Gasteiger partial charge in [0.2, 0.25) is 0 Å². The quantitative estimate of drug-likeness (QED) is 0.859. The van der Waals surface area contributed by atoms with Crippen LogP contribution < -0.4 is 14.8 Å². The van der Waals surface area contributed by atoms with Gasteiger partial charge in [0, 0.05) is 18.5 Å². The Bertz CT molecular complexity index is 795. The monoisotopic (exact) mass is 357 g/mol. The molecule has 1 aromatic carbocycles. The number of hydrogen-bond donors (Lipinski definition) is 1. The molecule has 0 bridgehead atoms. The predicted octanol–water partition coefficient (Wildman–Crippen LogP) is 3.15. The van der Waals surface area contributed by atoms with Gasteiger partial charge < -0.3 is 19.2 Å². The lowest BCUT2D eigenvalue weighted by molar-refractivity contribution is -0.123. The summed E-state index contributed by atoms with van der Waals surface area (Å²) in [5.74, 6) is 1.63. The molecular formula is C20H23NO5. The minimum atomic E-state index is -0.540. The van der Waals surface area contributed by atoms with Gasteiger partial charge in [-0.2, -0.15) is 0 Å². The molecule has 0 radical (unpaired) electrons. The Morgan fingerprint density at radius 1 is 1.35 bits per heavy atom. The molecule has 1 aromatic heterocycles. The van der Waals surface area contributed by atoms with Crippen LogP contribution in [0.2, 0.25) is 0 Å². The predicted molar refractivity (Wildman–Crippen MR) is 95.6 cm³/mol. The van der Waals surface area contributed by atoms with Crippen LogP contribution >= 0.6 is 0 Å². The van der Waals surface area contributed by atoms with Crippen LogP contribution in [0.1, 0.15) is 43.3 Å². The van der Waals surface area contributed by atoms with Gasteiger partial charge in [-0.15, -0.1) is 0 Å². The fourth-order valence-electron chi connectivity index (χ4n) is 2.97. The zero-order valence-corrected chi connectivity index (χ0v) is 15.2. The van der Waals surface area contributed by atoms with E-state index in [9.17, 15) is 9.59 Å². The third-order valence-electron chi connectivity index (χ3n) is 4.09. The van der Waals surface area contributed by atoms with Crippen molar-refractivity contribution in [3.05, 3.63) is 47.9 Å². The summed E-state index contributed by atoms with van der Waals surface area (Å²) in [4.78, 5) is 24.2. The second-order valence-electron chi connectivity index (χ2n) is 7.16. The smallest absolute Gasteiger partial charge is 0.258 e.